The van der Waals surface area contributed by atoms with E-state index in [9.17, 15) is 4.79 Å². The van der Waals surface area contributed by atoms with Crippen LogP contribution in [-0.4, -0.2) is 15.5 Å². The minimum Gasteiger partial charge on any atom is -0.450 e. The van der Waals surface area contributed by atoms with E-state index in [0.29, 0.717) is 16.7 Å². The van der Waals surface area contributed by atoms with E-state index in [4.69, 9.17) is 16.0 Å². The van der Waals surface area contributed by atoms with Crippen LogP contribution >= 0.6 is 11.6 Å². The minimum absolute atomic E-state index is 0.300. The molecule has 1 amide bonds. The van der Waals surface area contributed by atoms with Gasteiger partial charge >= 0.3 is 0 Å². The van der Waals surface area contributed by atoms with Crippen LogP contribution in [0, 0.1) is 13.8 Å². The Hall–Kier alpha value is -2.79. The largest absolute Gasteiger partial charge is 0.450 e. The number of hydrogen-bond acceptors (Lipinski definition) is 3. The standard InChI is InChI=1S/C19H16ClN3O2/c1-10-5-4-6-13-11(2)17(25-16(10)13)18(24)22-19-21-14-9-12(20)7-8-15(14)23(19)3/h4-9H,1-3H3,(H,21,22,24). The smallest absolute Gasteiger partial charge is 0.294 e. The third kappa shape index (κ3) is 2.48. The quantitative estimate of drug-likeness (QED) is 0.560. The highest BCUT2D eigenvalue weighted by Crippen LogP contribution is 2.28. The lowest BCUT2D eigenvalue weighted by Gasteiger charge is -2.04. The molecule has 0 bridgehead atoms. The average Bonchev–Trinajstić information content (AvgIpc) is 3.07. The zero-order chi connectivity index (χ0) is 17.7. The summed E-state index contributed by atoms with van der Waals surface area (Å²) in [5, 5.41) is 4.38. The van der Waals surface area contributed by atoms with E-state index in [1.165, 1.54) is 0 Å². The molecular weight excluding hydrogens is 338 g/mol. The van der Waals surface area contributed by atoms with Crippen LogP contribution in [0.25, 0.3) is 22.0 Å². The maximum absolute atomic E-state index is 12.7. The number of aryl methyl sites for hydroxylation is 3. The van der Waals surface area contributed by atoms with Gasteiger partial charge in [-0.1, -0.05) is 29.8 Å². The first-order valence-electron chi connectivity index (χ1n) is 7.88. The molecule has 0 aliphatic rings. The van der Waals surface area contributed by atoms with Crippen molar-refractivity contribution in [3.63, 3.8) is 0 Å². The van der Waals surface area contributed by atoms with Crippen LogP contribution in [-0.2, 0) is 7.05 Å². The highest BCUT2D eigenvalue weighted by atomic mass is 35.5. The van der Waals surface area contributed by atoms with E-state index in [1.54, 1.807) is 12.1 Å². The number of imidazole rings is 1. The van der Waals surface area contributed by atoms with Crippen molar-refractivity contribution in [3.8, 4) is 0 Å². The van der Waals surface area contributed by atoms with Gasteiger partial charge in [0, 0.05) is 23.0 Å². The first kappa shape index (κ1) is 15.7. The fourth-order valence-corrected chi connectivity index (χ4v) is 3.21. The molecule has 0 unspecified atom stereocenters. The Morgan fingerprint density at radius 2 is 2.04 bits per heavy atom. The molecule has 6 heteroatoms. The molecule has 0 radical (unpaired) electrons. The number of nitrogens with one attached hydrogen (secondary N) is 1. The summed E-state index contributed by atoms with van der Waals surface area (Å²) in [7, 11) is 1.84. The molecule has 0 aliphatic heterocycles. The molecule has 0 fully saturated rings. The van der Waals surface area contributed by atoms with Gasteiger partial charge in [0.05, 0.1) is 11.0 Å². The van der Waals surface area contributed by atoms with Gasteiger partial charge in [0.2, 0.25) is 5.95 Å². The maximum atomic E-state index is 12.7. The third-order valence-electron chi connectivity index (χ3n) is 4.44. The maximum Gasteiger partial charge on any atom is 0.294 e. The minimum atomic E-state index is -0.322. The van der Waals surface area contributed by atoms with Crippen molar-refractivity contribution in [2.24, 2.45) is 7.05 Å². The predicted molar refractivity (Wildman–Crippen MR) is 99.4 cm³/mol. The molecule has 0 aliphatic carbocycles. The molecule has 126 valence electrons. The summed E-state index contributed by atoms with van der Waals surface area (Å²) in [5.74, 6) is 0.422. The van der Waals surface area contributed by atoms with Gasteiger partial charge in [-0.2, -0.15) is 0 Å². The van der Waals surface area contributed by atoms with Crippen LogP contribution in [0.4, 0.5) is 5.95 Å². The number of halogens is 1. The highest BCUT2D eigenvalue weighted by molar-refractivity contribution is 6.31. The summed E-state index contributed by atoms with van der Waals surface area (Å²) in [4.78, 5) is 17.2. The molecule has 25 heavy (non-hydrogen) atoms. The number of benzene rings is 2. The van der Waals surface area contributed by atoms with Gasteiger partial charge in [0.25, 0.3) is 5.91 Å². The number of rotatable bonds is 2. The lowest BCUT2D eigenvalue weighted by Crippen LogP contribution is -2.15. The molecule has 1 N–H and O–H groups in total. The second kappa shape index (κ2) is 5.63. The van der Waals surface area contributed by atoms with Gasteiger partial charge < -0.3 is 8.98 Å². The number of para-hydroxylation sites is 1. The third-order valence-corrected chi connectivity index (χ3v) is 4.67. The van der Waals surface area contributed by atoms with E-state index in [1.807, 2.05) is 49.7 Å². The van der Waals surface area contributed by atoms with Crippen molar-refractivity contribution < 1.29 is 9.21 Å². The lowest BCUT2D eigenvalue weighted by molar-refractivity contribution is 0.0996. The Balaban J connectivity index is 1.74. The summed E-state index contributed by atoms with van der Waals surface area (Å²) in [6, 6.07) is 11.3. The first-order valence-corrected chi connectivity index (χ1v) is 8.25. The number of carbonyl (C=O) groups excluding carboxylic acids is 1. The monoisotopic (exact) mass is 353 g/mol. The Bertz CT molecular complexity index is 1140. The lowest BCUT2D eigenvalue weighted by atomic mass is 10.1. The number of fused-ring (bicyclic) bond motifs is 2. The van der Waals surface area contributed by atoms with Gasteiger partial charge in [-0.3, -0.25) is 10.1 Å². The Kier molecular flexibility index (Phi) is 3.54. The molecule has 4 aromatic rings. The molecule has 2 aromatic heterocycles. The number of anilines is 1. The van der Waals surface area contributed by atoms with Crippen LogP contribution < -0.4 is 5.32 Å². The number of nitrogens with zero attached hydrogens (tertiary/aromatic N) is 2. The zero-order valence-corrected chi connectivity index (χ0v) is 14.8. The predicted octanol–water partition coefficient (Wildman–Crippen LogP) is 4.84. The van der Waals surface area contributed by atoms with Crippen LogP contribution in [0.2, 0.25) is 5.02 Å². The van der Waals surface area contributed by atoms with E-state index in [-0.39, 0.29) is 5.91 Å². The number of aromatic nitrogens is 2. The number of furan rings is 1. The number of carbonyl (C=O) groups is 1. The van der Waals surface area contributed by atoms with Gasteiger partial charge in [0.1, 0.15) is 5.58 Å². The van der Waals surface area contributed by atoms with Gasteiger partial charge in [0.15, 0.2) is 5.76 Å². The Labute approximate surface area is 149 Å². The molecule has 2 aromatic carbocycles. The van der Waals surface area contributed by atoms with Crippen LogP contribution in [0.3, 0.4) is 0 Å². The van der Waals surface area contributed by atoms with E-state index in [2.05, 4.69) is 10.3 Å². The molecule has 0 spiro atoms. The van der Waals surface area contributed by atoms with Crippen molar-refractivity contribution in [1.82, 2.24) is 9.55 Å². The molecule has 0 atom stereocenters. The van der Waals surface area contributed by atoms with E-state index >= 15 is 0 Å². The summed E-state index contributed by atoms with van der Waals surface area (Å²) < 4.78 is 7.64. The first-order chi connectivity index (χ1) is 12.0. The highest BCUT2D eigenvalue weighted by Gasteiger charge is 2.20. The molecule has 5 nitrogen and oxygen atoms in total. The molecule has 4 rings (SSSR count). The van der Waals surface area contributed by atoms with Crippen molar-refractivity contribution in [2.75, 3.05) is 5.32 Å². The zero-order valence-electron chi connectivity index (χ0n) is 14.1. The molecule has 0 saturated heterocycles. The van der Waals surface area contributed by atoms with Crippen molar-refractivity contribution in [3.05, 3.63) is 58.3 Å². The summed E-state index contributed by atoms with van der Waals surface area (Å²) in [6.07, 6.45) is 0. The summed E-state index contributed by atoms with van der Waals surface area (Å²) in [5.41, 5.74) is 4.16. The fourth-order valence-electron chi connectivity index (χ4n) is 3.04. The Morgan fingerprint density at radius 3 is 2.80 bits per heavy atom. The van der Waals surface area contributed by atoms with Gasteiger partial charge in [-0.25, -0.2) is 4.98 Å². The van der Waals surface area contributed by atoms with Crippen molar-refractivity contribution >= 4 is 45.5 Å². The number of amides is 1. The SMILES string of the molecule is Cc1c(C(=O)Nc2nc3cc(Cl)ccc3n2C)oc2c(C)cccc12. The van der Waals surface area contributed by atoms with Crippen LogP contribution in [0.1, 0.15) is 21.7 Å². The number of hydrogen-bond donors (Lipinski definition) is 1. The van der Waals surface area contributed by atoms with Crippen molar-refractivity contribution in [1.29, 1.82) is 0 Å². The van der Waals surface area contributed by atoms with Gasteiger partial charge in [-0.15, -0.1) is 0 Å². The molecular formula is C19H16ClN3O2. The fraction of sp³-hybridized carbons (Fsp3) is 0.158. The summed E-state index contributed by atoms with van der Waals surface area (Å²) in [6.45, 7) is 3.84. The molecule has 2 heterocycles. The van der Waals surface area contributed by atoms with Crippen LogP contribution in [0.5, 0.6) is 0 Å². The second-order valence-corrected chi connectivity index (χ2v) is 6.53. The topological polar surface area (TPSA) is 60.1 Å². The molecule has 0 saturated carbocycles. The van der Waals surface area contributed by atoms with Crippen LogP contribution in [0.15, 0.2) is 40.8 Å². The van der Waals surface area contributed by atoms with E-state index < -0.39 is 0 Å². The van der Waals surface area contributed by atoms with Crippen molar-refractivity contribution in [2.45, 2.75) is 13.8 Å². The van der Waals surface area contributed by atoms with Gasteiger partial charge in [-0.05, 0) is 37.6 Å². The summed E-state index contributed by atoms with van der Waals surface area (Å²) >= 11 is 6.01. The normalized spacial score (nSPS) is 11.4. The van der Waals surface area contributed by atoms with E-state index in [0.717, 1.165) is 33.1 Å². The Morgan fingerprint density at radius 1 is 1.24 bits per heavy atom. The average molecular weight is 354 g/mol. The second-order valence-electron chi connectivity index (χ2n) is 6.09.